The predicted octanol–water partition coefficient (Wildman–Crippen LogP) is 3.80. The van der Waals surface area contributed by atoms with Crippen LogP contribution in [0.15, 0.2) is 40.9 Å². The Kier molecular flexibility index (Phi) is 5.65. The third-order valence-corrected chi connectivity index (χ3v) is 3.95. The lowest BCUT2D eigenvalue weighted by atomic mass is 10.1. The SMILES string of the molecule is COc1cc(Br)ccc1CCNCc1cccc(C)c1O. The van der Waals surface area contributed by atoms with Gasteiger partial charge < -0.3 is 15.2 Å². The van der Waals surface area contributed by atoms with Crippen molar-refractivity contribution in [2.24, 2.45) is 0 Å². The van der Waals surface area contributed by atoms with Crippen molar-refractivity contribution in [1.29, 1.82) is 0 Å². The molecule has 2 aromatic rings. The summed E-state index contributed by atoms with van der Waals surface area (Å²) in [4.78, 5) is 0. The second-order valence-corrected chi connectivity index (χ2v) is 5.88. The van der Waals surface area contributed by atoms with Gasteiger partial charge in [0.05, 0.1) is 7.11 Å². The summed E-state index contributed by atoms with van der Waals surface area (Å²) in [6.45, 7) is 3.39. The zero-order valence-corrected chi connectivity index (χ0v) is 13.9. The third kappa shape index (κ3) is 4.22. The Morgan fingerprint density at radius 1 is 1.19 bits per heavy atom. The molecule has 0 unspecified atom stereocenters. The van der Waals surface area contributed by atoms with Crippen LogP contribution in [0.1, 0.15) is 16.7 Å². The van der Waals surface area contributed by atoms with E-state index >= 15 is 0 Å². The molecule has 0 atom stereocenters. The van der Waals surface area contributed by atoms with Gasteiger partial charge in [-0.2, -0.15) is 0 Å². The van der Waals surface area contributed by atoms with Crippen LogP contribution in [-0.2, 0) is 13.0 Å². The molecule has 2 N–H and O–H groups in total. The number of benzene rings is 2. The topological polar surface area (TPSA) is 41.5 Å². The molecule has 0 aliphatic heterocycles. The molecular formula is C17H20BrNO2. The molecule has 2 aromatic carbocycles. The molecule has 0 aliphatic rings. The molecular weight excluding hydrogens is 330 g/mol. The summed E-state index contributed by atoms with van der Waals surface area (Å²) in [5.74, 6) is 1.27. The van der Waals surface area contributed by atoms with Crippen molar-refractivity contribution in [3.05, 3.63) is 57.6 Å². The Labute approximate surface area is 134 Å². The number of para-hydroxylation sites is 1. The number of halogens is 1. The molecule has 112 valence electrons. The standard InChI is InChI=1S/C17H20BrNO2/c1-12-4-3-5-14(17(12)20)11-19-9-8-13-6-7-15(18)10-16(13)21-2/h3-7,10,19-20H,8-9,11H2,1-2H3. The van der Waals surface area contributed by atoms with Crippen molar-refractivity contribution >= 4 is 15.9 Å². The number of aryl methyl sites for hydroxylation is 1. The molecule has 0 aliphatic carbocycles. The van der Waals surface area contributed by atoms with Gasteiger partial charge in [-0.15, -0.1) is 0 Å². The number of nitrogens with one attached hydrogen (secondary N) is 1. The van der Waals surface area contributed by atoms with Gasteiger partial charge in [-0.1, -0.05) is 40.2 Å². The smallest absolute Gasteiger partial charge is 0.123 e. The zero-order chi connectivity index (χ0) is 15.2. The van der Waals surface area contributed by atoms with E-state index in [1.165, 1.54) is 5.56 Å². The first-order valence-electron chi connectivity index (χ1n) is 6.92. The Morgan fingerprint density at radius 3 is 2.76 bits per heavy atom. The van der Waals surface area contributed by atoms with Crippen LogP contribution in [0.5, 0.6) is 11.5 Å². The Bertz CT molecular complexity index is 614. The van der Waals surface area contributed by atoms with Gasteiger partial charge in [0, 0.05) is 16.6 Å². The highest BCUT2D eigenvalue weighted by Crippen LogP contribution is 2.24. The summed E-state index contributed by atoms with van der Waals surface area (Å²) >= 11 is 3.44. The van der Waals surface area contributed by atoms with E-state index in [9.17, 15) is 5.11 Å². The number of phenolic OH excluding ortho intramolecular Hbond substituents is 1. The average molecular weight is 350 g/mol. The van der Waals surface area contributed by atoms with Gasteiger partial charge in [0.15, 0.2) is 0 Å². The number of methoxy groups -OCH3 is 1. The minimum atomic E-state index is 0.381. The summed E-state index contributed by atoms with van der Waals surface area (Å²) < 4.78 is 6.39. The minimum Gasteiger partial charge on any atom is -0.507 e. The van der Waals surface area contributed by atoms with Crippen LogP contribution in [0, 0.1) is 6.92 Å². The largest absolute Gasteiger partial charge is 0.507 e. The summed E-state index contributed by atoms with van der Waals surface area (Å²) in [5.41, 5.74) is 3.00. The number of ether oxygens (including phenoxy) is 1. The van der Waals surface area contributed by atoms with E-state index < -0.39 is 0 Å². The summed E-state index contributed by atoms with van der Waals surface area (Å²) in [7, 11) is 1.68. The molecule has 0 heterocycles. The molecule has 0 aromatic heterocycles. The number of aromatic hydroxyl groups is 1. The van der Waals surface area contributed by atoms with Crippen molar-refractivity contribution < 1.29 is 9.84 Å². The molecule has 0 spiro atoms. The molecule has 0 radical (unpaired) electrons. The van der Waals surface area contributed by atoms with E-state index in [-0.39, 0.29) is 0 Å². The van der Waals surface area contributed by atoms with Crippen molar-refractivity contribution in [1.82, 2.24) is 5.32 Å². The fourth-order valence-electron chi connectivity index (χ4n) is 2.23. The van der Waals surface area contributed by atoms with Crippen LogP contribution in [0.3, 0.4) is 0 Å². The molecule has 0 fully saturated rings. The highest BCUT2D eigenvalue weighted by atomic mass is 79.9. The maximum Gasteiger partial charge on any atom is 0.123 e. The van der Waals surface area contributed by atoms with Crippen LogP contribution in [0.25, 0.3) is 0 Å². The highest BCUT2D eigenvalue weighted by Gasteiger charge is 2.05. The maximum absolute atomic E-state index is 9.96. The maximum atomic E-state index is 9.96. The van der Waals surface area contributed by atoms with Crippen molar-refractivity contribution in [3.63, 3.8) is 0 Å². The van der Waals surface area contributed by atoms with E-state index in [0.29, 0.717) is 12.3 Å². The molecule has 3 nitrogen and oxygen atoms in total. The number of hydrogen-bond donors (Lipinski definition) is 2. The van der Waals surface area contributed by atoms with E-state index in [1.807, 2.05) is 37.3 Å². The van der Waals surface area contributed by atoms with Crippen LogP contribution in [0.4, 0.5) is 0 Å². The molecule has 0 amide bonds. The average Bonchev–Trinajstić information content (AvgIpc) is 2.48. The van der Waals surface area contributed by atoms with Crippen LogP contribution in [-0.4, -0.2) is 18.8 Å². The van der Waals surface area contributed by atoms with Gasteiger partial charge in [0.25, 0.3) is 0 Å². The lowest BCUT2D eigenvalue weighted by Crippen LogP contribution is -2.17. The summed E-state index contributed by atoms with van der Waals surface area (Å²) in [5, 5.41) is 13.3. The molecule has 0 bridgehead atoms. The van der Waals surface area contributed by atoms with Gasteiger partial charge in [-0.05, 0) is 43.1 Å². The normalized spacial score (nSPS) is 10.6. The molecule has 2 rings (SSSR count). The Balaban J connectivity index is 1.89. The van der Waals surface area contributed by atoms with Crippen molar-refractivity contribution in [2.45, 2.75) is 19.9 Å². The Hall–Kier alpha value is -1.52. The number of rotatable bonds is 6. The highest BCUT2D eigenvalue weighted by molar-refractivity contribution is 9.10. The Morgan fingerprint density at radius 2 is 2.00 bits per heavy atom. The van der Waals surface area contributed by atoms with Gasteiger partial charge in [0.2, 0.25) is 0 Å². The number of phenols is 1. The molecule has 0 saturated heterocycles. The first-order chi connectivity index (χ1) is 10.1. The van der Waals surface area contributed by atoms with Crippen LogP contribution >= 0.6 is 15.9 Å². The van der Waals surface area contributed by atoms with Crippen LogP contribution in [0.2, 0.25) is 0 Å². The second-order valence-electron chi connectivity index (χ2n) is 4.97. The van der Waals surface area contributed by atoms with Gasteiger partial charge >= 0.3 is 0 Å². The monoisotopic (exact) mass is 349 g/mol. The van der Waals surface area contributed by atoms with Gasteiger partial charge in [-0.3, -0.25) is 0 Å². The summed E-state index contributed by atoms with van der Waals surface area (Å²) in [6.07, 6.45) is 0.878. The fraction of sp³-hybridized carbons (Fsp3) is 0.294. The van der Waals surface area contributed by atoms with Gasteiger partial charge in [0.1, 0.15) is 11.5 Å². The molecule has 0 saturated carbocycles. The van der Waals surface area contributed by atoms with E-state index in [0.717, 1.165) is 34.3 Å². The molecule has 4 heteroatoms. The summed E-state index contributed by atoms with van der Waals surface area (Å²) in [6, 6.07) is 11.9. The predicted molar refractivity (Wildman–Crippen MR) is 88.9 cm³/mol. The fourth-order valence-corrected chi connectivity index (χ4v) is 2.57. The number of hydrogen-bond acceptors (Lipinski definition) is 3. The lowest BCUT2D eigenvalue weighted by Gasteiger charge is -2.11. The zero-order valence-electron chi connectivity index (χ0n) is 12.3. The van der Waals surface area contributed by atoms with E-state index in [1.54, 1.807) is 7.11 Å². The lowest BCUT2D eigenvalue weighted by molar-refractivity contribution is 0.408. The quantitative estimate of drug-likeness (QED) is 0.779. The third-order valence-electron chi connectivity index (χ3n) is 3.46. The first kappa shape index (κ1) is 15.9. The first-order valence-corrected chi connectivity index (χ1v) is 7.71. The molecule has 21 heavy (non-hydrogen) atoms. The second kappa shape index (κ2) is 7.48. The van der Waals surface area contributed by atoms with Crippen molar-refractivity contribution in [2.75, 3.05) is 13.7 Å². The van der Waals surface area contributed by atoms with E-state index in [4.69, 9.17) is 4.74 Å². The minimum absolute atomic E-state index is 0.381. The van der Waals surface area contributed by atoms with Crippen LogP contribution < -0.4 is 10.1 Å². The van der Waals surface area contributed by atoms with E-state index in [2.05, 4.69) is 27.3 Å². The van der Waals surface area contributed by atoms with Crippen molar-refractivity contribution in [3.8, 4) is 11.5 Å². The van der Waals surface area contributed by atoms with Gasteiger partial charge in [-0.25, -0.2) is 0 Å².